The Kier molecular flexibility index (Phi) is 6.30. The number of non-ortho nitro benzene ring substituents is 1. The lowest BCUT2D eigenvalue weighted by molar-refractivity contribution is -0.384. The van der Waals surface area contributed by atoms with Gasteiger partial charge in [0.05, 0.1) is 9.82 Å². The highest BCUT2D eigenvalue weighted by molar-refractivity contribution is 7.89. The van der Waals surface area contributed by atoms with Gasteiger partial charge in [-0.15, -0.1) is 0 Å². The molecule has 2 rings (SSSR count). The average Bonchev–Trinajstić information content (AvgIpc) is 2.56. The number of nitrogens with one attached hydrogen (secondary N) is 2. The summed E-state index contributed by atoms with van der Waals surface area (Å²) in [5, 5.41) is 13.7. The fourth-order valence-electron chi connectivity index (χ4n) is 2.11. The molecule has 0 aliphatic heterocycles. The smallest absolute Gasteiger partial charge is 0.269 e. The van der Waals surface area contributed by atoms with Crippen molar-refractivity contribution in [2.45, 2.75) is 18.2 Å². The van der Waals surface area contributed by atoms with E-state index in [1.54, 1.807) is 6.92 Å². The zero-order chi connectivity index (χ0) is 19.3. The third kappa shape index (κ3) is 5.25. The van der Waals surface area contributed by atoms with Crippen molar-refractivity contribution < 1.29 is 18.1 Å². The number of nitro groups is 1. The molecular formula is C16H16ClN3O5S. The highest BCUT2D eigenvalue weighted by atomic mass is 35.5. The Hall–Kier alpha value is -2.49. The van der Waals surface area contributed by atoms with Crippen LogP contribution < -0.4 is 10.0 Å². The van der Waals surface area contributed by atoms with Gasteiger partial charge in [0.2, 0.25) is 15.9 Å². The molecule has 0 bridgehead atoms. The van der Waals surface area contributed by atoms with Gasteiger partial charge in [0.15, 0.2) is 0 Å². The van der Waals surface area contributed by atoms with Crippen LogP contribution in [0.3, 0.4) is 0 Å². The van der Waals surface area contributed by atoms with Gasteiger partial charge in [-0.25, -0.2) is 13.1 Å². The summed E-state index contributed by atoms with van der Waals surface area (Å²) in [5.74, 6) is -0.416. The van der Waals surface area contributed by atoms with Gasteiger partial charge in [-0.1, -0.05) is 11.6 Å². The van der Waals surface area contributed by atoms with Crippen LogP contribution in [0.5, 0.6) is 0 Å². The molecule has 2 aromatic rings. The second kappa shape index (κ2) is 8.26. The number of benzene rings is 2. The first-order valence-corrected chi connectivity index (χ1v) is 9.35. The Bertz CT molecular complexity index is 929. The van der Waals surface area contributed by atoms with E-state index in [9.17, 15) is 23.3 Å². The lowest BCUT2D eigenvalue weighted by Gasteiger charge is -2.09. The largest absolute Gasteiger partial charge is 0.326 e. The molecule has 0 saturated heterocycles. The number of rotatable bonds is 7. The minimum absolute atomic E-state index is 0.0496. The Morgan fingerprint density at radius 1 is 1.19 bits per heavy atom. The summed E-state index contributed by atoms with van der Waals surface area (Å²) in [7, 11) is -3.73. The molecule has 1 amide bonds. The summed E-state index contributed by atoms with van der Waals surface area (Å²) >= 11 is 5.72. The molecule has 2 N–H and O–H groups in total. The van der Waals surface area contributed by atoms with Gasteiger partial charge >= 0.3 is 0 Å². The normalized spacial score (nSPS) is 11.2. The van der Waals surface area contributed by atoms with Crippen molar-refractivity contribution in [3.8, 4) is 0 Å². The van der Waals surface area contributed by atoms with Gasteiger partial charge < -0.3 is 5.32 Å². The Balaban J connectivity index is 1.91. The molecule has 0 spiro atoms. The summed E-state index contributed by atoms with van der Waals surface area (Å²) in [6.45, 7) is 1.54. The number of nitro benzene ring substituents is 1. The van der Waals surface area contributed by atoms with E-state index in [2.05, 4.69) is 10.0 Å². The molecule has 0 radical (unpaired) electrons. The second-order valence-electron chi connectivity index (χ2n) is 5.41. The van der Waals surface area contributed by atoms with Crippen LogP contribution in [0.15, 0.2) is 47.4 Å². The number of anilines is 1. The lowest BCUT2D eigenvalue weighted by atomic mass is 10.1. The van der Waals surface area contributed by atoms with E-state index in [0.29, 0.717) is 16.3 Å². The SMILES string of the molecule is Cc1cc([N+](=O)[O-])ccc1NC(=O)CCNS(=O)(=O)c1ccc(Cl)cc1. The monoisotopic (exact) mass is 397 g/mol. The van der Waals surface area contributed by atoms with Crippen molar-refractivity contribution in [3.63, 3.8) is 0 Å². The highest BCUT2D eigenvalue weighted by Gasteiger charge is 2.15. The minimum Gasteiger partial charge on any atom is -0.326 e. The van der Waals surface area contributed by atoms with Crippen LogP contribution in [0.4, 0.5) is 11.4 Å². The van der Waals surface area contributed by atoms with Crippen LogP contribution in [0.25, 0.3) is 0 Å². The molecular weight excluding hydrogens is 382 g/mol. The fourth-order valence-corrected chi connectivity index (χ4v) is 3.27. The van der Waals surface area contributed by atoms with Crippen LogP contribution in [0, 0.1) is 17.0 Å². The standard InChI is InChI=1S/C16H16ClN3O5S/c1-11-10-13(20(22)23)4-7-15(11)19-16(21)8-9-18-26(24,25)14-5-2-12(17)3-6-14/h2-7,10,18H,8-9H2,1H3,(H,19,21). The first-order valence-electron chi connectivity index (χ1n) is 7.49. The zero-order valence-electron chi connectivity index (χ0n) is 13.7. The zero-order valence-corrected chi connectivity index (χ0v) is 15.3. The van der Waals surface area contributed by atoms with E-state index >= 15 is 0 Å². The Morgan fingerprint density at radius 3 is 2.42 bits per heavy atom. The molecule has 26 heavy (non-hydrogen) atoms. The van der Waals surface area contributed by atoms with Gasteiger partial charge in [-0.2, -0.15) is 0 Å². The van der Waals surface area contributed by atoms with Gasteiger partial charge in [0.25, 0.3) is 5.69 Å². The van der Waals surface area contributed by atoms with E-state index in [1.807, 2.05) is 0 Å². The maximum absolute atomic E-state index is 12.1. The quantitative estimate of drug-likeness (QED) is 0.550. The lowest BCUT2D eigenvalue weighted by Crippen LogP contribution is -2.27. The average molecular weight is 398 g/mol. The van der Waals surface area contributed by atoms with Crippen LogP contribution in [-0.4, -0.2) is 25.8 Å². The highest BCUT2D eigenvalue weighted by Crippen LogP contribution is 2.21. The summed E-state index contributed by atoms with van der Waals surface area (Å²) in [6, 6.07) is 9.71. The number of amides is 1. The first-order chi connectivity index (χ1) is 12.2. The summed E-state index contributed by atoms with van der Waals surface area (Å²) in [5.41, 5.74) is 0.895. The van der Waals surface area contributed by atoms with E-state index in [0.717, 1.165) is 0 Å². The molecule has 138 valence electrons. The predicted molar refractivity (Wildman–Crippen MR) is 97.7 cm³/mol. The molecule has 0 heterocycles. The van der Waals surface area contributed by atoms with Crippen LogP contribution in [0.1, 0.15) is 12.0 Å². The summed E-state index contributed by atoms with van der Waals surface area (Å²) in [4.78, 5) is 22.2. The Morgan fingerprint density at radius 2 is 1.85 bits per heavy atom. The van der Waals surface area contributed by atoms with Crippen LogP contribution in [0.2, 0.25) is 5.02 Å². The van der Waals surface area contributed by atoms with Gasteiger partial charge in [-0.05, 0) is 42.8 Å². The predicted octanol–water partition coefficient (Wildman–Crippen LogP) is 2.86. The minimum atomic E-state index is -3.73. The number of nitrogens with zero attached hydrogens (tertiary/aromatic N) is 1. The molecule has 10 heteroatoms. The topological polar surface area (TPSA) is 118 Å². The van der Waals surface area contributed by atoms with E-state index in [-0.39, 0.29) is 23.5 Å². The van der Waals surface area contributed by atoms with Crippen molar-refractivity contribution in [1.82, 2.24) is 4.72 Å². The number of halogens is 1. The van der Waals surface area contributed by atoms with Crippen LogP contribution in [-0.2, 0) is 14.8 Å². The molecule has 2 aromatic carbocycles. The van der Waals surface area contributed by atoms with Crippen molar-refractivity contribution in [2.75, 3.05) is 11.9 Å². The van der Waals surface area contributed by atoms with E-state index in [1.165, 1.54) is 42.5 Å². The molecule has 0 aliphatic carbocycles. The summed E-state index contributed by atoms with van der Waals surface area (Å²) in [6.07, 6.45) is -0.0940. The molecule has 0 saturated carbocycles. The maximum Gasteiger partial charge on any atom is 0.269 e. The van der Waals surface area contributed by atoms with Crippen molar-refractivity contribution >= 4 is 38.9 Å². The first kappa shape index (κ1) is 19.8. The van der Waals surface area contributed by atoms with E-state index in [4.69, 9.17) is 11.6 Å². The molecule has 0 unspecified atom stereocenters. The fraction of sp³-hybridized carbons (Fsp3) is 0.188. The number of carbonyl (C=O) groups excluding carboxylic acids is 1. The third-order valence-electron chi connectivity index (χ3n) is 3.46. The van der Waals surface area contributed by atoms with Gasteiger partial charge in [0.1, 0.15) is 0 Å². The second-order valence-corrected chi connectivity index (χ2v) is 7.61. The van der Waals surface area contributed by atoms with Crippen molar-refractivity contribution in [2.24, 2.45) is 0 Å². The molecule has 0 fully saturated rings. The molecule has 0 aliphatic rings. The number of sulfonamides is 1. The summed E-state index contributed by atoms with van der Waals surface area (Å²) < 4.78 is 26.5. The van der Waals surface area contributed by atoms with Crippen molar-refractivity contribution in [1.29, 1.82) is 0 Å². The molecule has 0 atom stereocenters. The third-order valence-corrected chi connectivity index (χ3v) is 5.19. The van der Waals surface area contributed by atoms with Crippen molar-refractivity contribution in [3.05, 3.63) is 63.2 Å². The Labute approximate surface area is 155 Å². The maximum atomic E-state index is 12.1. The van der Waals surface area contributed by atoms with E-state index < -0.39 is 20.9 Å². The number of aryl methyl sites for hydroxylation is 1. The molecule has 8 nitrogen and oxygen atoms in total. The molecule has 0 aromatic heterocycles. The van der Waals surface area contributed by atoms with Gasteiger partial charge in [-0.3, -0.25) is 14.9 Å². The number of hydrogen-bond acceptors (Lipinski definition) is 5. The number of carbonyl (C=O) groups is 1. The van der Waals surface area contributed by atoms with Crippen LogP contribution >= 0.6 is 11.6 Å². The van der Waals surface area contributed by atoms with Gasteiger partial charge in [0, 0.05) is 35.8 Å². The number of hydrogen-bond donors (Lipinski definition) is 2.